The Morgan fingerprint density at radius 2 is 2.06 bits per heavy atom. The smallest absolute Gasteiger partial charge is 0.125 e. The van der Waals surface area contributed by atoms with Crippen LogP contribution in [-0.4, -0.2) is 11.7 Å². The molecule has 0 saturated heterocycles. The summed E-state index contributed by atoms with van der Waals surface area (Å²) >= 11 is 0. The van der Waals surface area contributed by atoms with Crippen molar-refractivity contribution in [2.24, 2.45) is 0 Å². The molecule has 2 heteroatoms. The standard InChI is InChI=1S/C14H20O2/c1-14(2,3)10-6-7-13-11(9-10)12(15)5-4-8-16-13/h6-7,9,12,15H,4-5,8H2,1-3H3/t12-/m0/s1. The Kier molecular flexibility index (Phi) is 2.94. The SMILES string of the molecule is CC(C)(C)c1ccc2c(c1)[C@@H](O)CCCO2. The first-order valence-electron chi connectivity index (χ1n) is 5.94. The van der Waals surface area contributed by atoms with Gasteiger partial charge in [0, 0.05) is 5.56 Å². The summed E-state index contributed by atoms with van der Waals surface area (Å²) in [5, 5.41) is 10.1. The minimum Gasteiger partial charge on any atom is -0.493 e. The molecule has 0 radical (unpaired) electrons. The van der Waals surface area contributed by atoms with Crippen LogP contribution in [0.2, 0.25) is 0 Å². The predicted molar refractivity (Wildman–Crippen MR) is 64.8 cm³/mol. The third-order valence-electron chi connectivity index (χ3n) is 3.11. The number of benzene rings is 1. The second kappa shape index (κ2) is 4.10. The first kappa shape index (κ1) is 11.5. The van der Waals surface area contributed by atoms with Crippen molar-refractivity contribution in [3.63, 3.8) is 0 Å². The average Bonchev–Trinajstić information content (AvgIpc) is 2.39. The molecule has 1 heterocycles. The van der Waals surface area contributed by atoms with E-state index in [4.69, 9.17) is 4.74 Å². The van der Waals surface area contributed by atoms with Crippen LogP contribution in [0.5, 0.6) is 5.75 Å². The Bertz CT molecular complexity index is 377. The van der Waals surface area contributed by atoms with Crippen LogP contribution in [0.15, 0.2) is 18.2 Å². The van der Waals surface area contributed by atoms with E-state index in [9.17, 15) is 5.11 Å². The molecule has 0 aromatic heterocycles. The maximum atomic E-state index is 10.1. The van der Waals surface area contributed by atoms with Gasteiger partial charge in [-0.2, -0.15) is 0 Å². The van der Waals surface area contributed by atoms with E-state index < -0.39 is 0 Å². The summed E-state index contributed by atoms with van der Waals surface area (Å²) in [6, 6.07) is 6.17. The van der Waals surface area contributed by atoms with Crippen LogP contribution in [-0.2, 0) is 5.41 Å². The summed E-state index contributed by atoms with van der Waals surface area (Å²) in [5.41, 5.74) is 2.31. The van der Waals surface area contributed by atoms with Crippen LogP contribution in [0.4, 0.5) is 0 Å². The van der Waals surface area contributed by atoms with Gasteiger partial charge in [0.25, 0.3) is 0 Å². The molecule has 1 atom stereocenters. The van der Waals surface area contributed by atoms with E-state index in [-0.39, 0.29) is 11.5 Å². The molecule has 1 aliphatic rings. The van der Waals surface area contributed by atoms with Gasteiger partial charge < -0.3 is 9.84 Å². The van der Waals surface area contributed by atoms with Crippen molar-refractivity contribution in [1.82, 2.24) is 0 Å². The Hall–Kier alpha value is -1.02. The summed E-state index contributed by atoms with van der Waals surface area (Å²) in [7, 11) is 0. The minimum absolute atomic E-state index is 0.112. The van der Waals surface area contributed by atoms with E-state index in [1.165, 1.54) is 5.56 Å². The normalized spacial score (nSPS) is 20.9. The molecule has 88 valence electrons. The first-order valence-corrected chi connectivity index (χ1v) is 5.94. The number of hydrogen-bond acceptors (Lipinski definition) is 2. The van der Waals surface area contributed by atoms with Gasteiger partial charge >= 0.3 is 0 Å². The topological polar surface area (TPSA) is 29.5 Å². The minimum atomic E-state index is -0.375. The first-order chi connectivity index (χ1) is 7.48. The molecule has 1 N–H and O–H groups in total. The highest BCUT2D eigenvalue weighted by Crippen LogP contribution is 2.35. The zero-order chi connectivity index (χ0) is 11.8. The van der Waals surface area contributed by atoms with Gasteiger partial charge in [-0.1, -0.05) is 26.8 Å². The third-order valence-corrected chi connectivity index (χ3v) is 3.11. The summed E-state index contributed by atoms with van der Waals surface area (Å²) in [6.45, 7) is 7.24. The van der Waals surface area contributed by atoms with Gasteiger partial charge in [0.05, 0.1) is 12.7 Å². The van der Waals surface area contributed by atoms with Crippen molar-refractivity contribution in [2.75, 3.05) is 6.61 Å². The lowest BCUT2D eigenvalue weighted by molar-refractivity contribution is 0.167. The van der Waals surface area contributed by atoms with E-state index in [2.05, 4.69) is 32.9 Å². The number of fused-ring (bicyclic) bond motifs is 1. The Labute approximate surface area is 97.3 Å². The number of ether oxygens (including phenoxy) is 1. The van der Waals surface area contributed by atoms with Crippen LogP contribution in [0, 0.1) is 0 Å². The molecule has 1 aromatic rings. The van der Waals surface area contributed by atoms with Crippen molar-refractivity contribution >= 4 is 0 Å². The quantitative estimate of drug-likeness (QED) is 0.727. The summed E-state index contributed by atoms with van der Waals surface area (Å²) in [4.78, 5) is 0. The van der Waals surface area contributed by atoms with Crippen LogP contribution in [0.3, 0.4) is 0 Å². The van der Waals surface area contributed by atoms with E-state index in [1.807, 2.05) is 6.07 Å². The monoisotopic (exact) mass is 220 g/mol. The lowest BCUT2D eigenvalue weighted by Crippen LogP contribution is -2.12. The average molecular weight is 220 g/mol. The maximum Gasteiger partial charge on any atom is 0.125 e. The predicted octanol–water partition coefficient (Wildman–Crippen LogP) is 3.19. The summed E-state index contributed by atoms with van der Waals surface area (Å²) in [6.07, 6.45) is 1.33. The van der Waals surface area contributed by atoms with Crippen LogP contribution in [0.1, 0.15) is 50.8 Å². The van der Waals surface area contributed by atoms with Crippen LogP contribution in [0.25, 0.3) is 0 Å². The third kappa shape index (κ3) is 2.22. The maximum absolute atomic E-state index is 10.1. The van der Waals surface area contributed by atoms with Gasteiger partial charge in [0.15, 0.2) is 0 Å². The highest BCUT2D eigenvalue weighted by Gasteiger charge is 2.21. The van der Waals surface area contributed by atoms with Gasteiger partial charge in [-0.25, -0.2) is 0 Å². The molecule has 0 bridgehead atoms. The Balaban J connectivity index is 2.43. The van der Waals surface area contributed by atoms with E-state index in [0.29, 0.717) is 6.61 Å². The van der Waals surface area contributed by atoms with Gasteiger partial charge in [-0.3, -0.25) is 0 Å². The van der Waals surface area contributed by atoms with E-state index >= 15 is 0 Å². The molecule has 2 nitrogen and oxygen atoms in total. The summed E-state index contributed by atoms with van der Waals surface area (Å²) in [5.74, 6) is 0.845. The van der Waals surface area contributed by atoms with Crippen molar-refractivity contribution in [3.05, 3.63) is 29.3 Å². The van der Waals surface area contributed by atoms with Gasteiger partial charge in [-0.15, -0.1) is 0 Å². The Morgan fingerprint density at radius 3 is 2.75 bits per heavy atom. The van der Waals surface area contributed by atoms with Crippen molar-refractivity contribution in [2.45, 2.75) is 45.1 Å². The van der Waals surface area contributed by atoms with Crippen LogP contribution >= 0.6 is 0 Å². The van der Waals surface area contributed by atoms with Gasteiger partial charge in [0.1, 0.15) is 5.75 Å². The Morgan fingerprint density at radius 1 is 1.31 bits per heavy atom. The highest BCUT2D eigenvalue weighted by molar-refractivity contribution is 5.41. The molecular formula is C14H20O2. The van der Waals surface area contributed by atoms with E-state index in [1.54, 1.807) is 0 Å². The van der Waals surface area contributed by atoms with Gasteiger partial charge in [0.2, 0.25) is 0 Å². The molecule has 0 unspecified atom stereocenters. The molecule has 0 amide bonds. The second-order valence-electron chi connectivity index (χ2n) is 5.51. The largest absolute Gasteiger partial charge is 0.493 e. The van der Waals surface area contributed by atoms with Crippen LogP contribution < -0.4 is 4.74 Å². The molecule has 1 aliphatic heterocycles. The van der Waals surface area contributed by atoms with Gasteiger partial charge in [-0.05, 0) is 36.0 Å². The lowest BCUT2D eigenvalue weighted by Gasteiger charge is -2.21. The fourth-order valence-electron chi connectivity index (χ4n) is 2.02. The zero-order valence-electron chi connectivity index (χ0n) is 10.3. The highest BCUT2D eigenvalue weighted by atomic mass is 16.5. The second-order valence-corrected chi connectivity index (χ2v) is 5.51. The number of rotatable bonds is 0. The van der Waals surface area contributed by atoms with Crippen molar-refractivity contribution in [3.8, 4) is 5.75 Å². The molecule has 0 saturated carbocycles. The molecule has 1 aromatic carbocycles. The summed E-state index contributed by atoms with van der Waals surface area (Å²) < 4.78 is 5.63. The lowest BCUT2D eigenvalue weighted by atomic mass is 9.85. The fourth-order valence-corrected chi connectivity index (χ4v) is 2.02. The number of aliphatic hydroxyl groups excluding tert-OH is 1. The van der Waals surface area contributed by atoms with Crippen molar-refractivity contribution < 1.29 is 9.84 Å². The van der Waals surface area contributed by atoms with E-state index in [0.717, 1.165) is 24.2 Å². The number of aliphatic hydroxyl groups is 1. The molecule has 0 spiro atoms. The fraction of sp³-hybridized carbons (Fsp3) is 0.571. The van der Waals surface area contributed by atoms with Crippen molar-refractivity contribution in [1.29, 1.82) is 0 Å². The number of hydrogen-bond donors (Lipinski definition) is 1. The molecule has 2 rings (SSSR count). The zero-order valence-corrected chi connectivity index (χ0v) is 10.3. The molecule has 0 aliphatic carbocycles. The molecule has 0 fully saturated rings. The molecular weight excluding hydrogens is 200 g/mol. The molecule has 16 heavy (non-hydrogen) atoms.